The van der Waals surface area contributed by atoms with E-state index >= 15 is 0 Å². The van der Waals surface area contributed by atoms with Crippen LogP contribution < -0.4 is 10.6 Å². The van der Waals surface area contributed by atoms with Gasteiger partial charge in [0.15, 0.2) is 5.69 Å². The van der Waals surface area contributed by atoms with Gasteiger partial charge in [0.2, 0.25) is 0 Å². The van der Waals surface area contributed by atoms with Crippen molar-refractivity contribution in [3.63, 3.8) is 0 Å². The third kappa shape index (κ3) is 3.02. The number of carbonyl (C=O) groups excluding carboxylic acids is 1. The summed E-state index contributed by atoms with van der Waals surface area (Å²) in [6.45, 7) is 3.86. The van der Waals surface area contributed by atoms with Gasteiger partial charge < -0.3 is 10.6 Å². The Morgan fingerprint density at radius 2 is 2.50 bits per heavy atom. The van der Waals surface area contributed by atoms with Crippen LogP contribution in [0.3, 0.4) is 0 Å². The highest BCUT2D eigenvalue weighted by Gasteiger charge is 2.22. The SMILES string of the molecule is CCC(CSC)NC(=O)c1cn(C2CNC2)nn1. The molecule has 2 N–H and O–H groups in total. The van der Waals surface area contributed by atoms with Crippen LogP contribution in [0.1, 0.15) is 29.9 Å². The summed E-state index contributed by atoms with van der Waals surface area (Å²) in [5.41, 5.74) is 0.404. The van der Waals surface area contributed by atoms with Gasteiger partial charge in [-0.25, -0.2) is 4.68 Å². The largest absolute Gasteiger partial charge is 0.347 e. The number of thioether (sulfide) groups is 1. The number of rotatable bonds is 6. The maximum atomic E-state index is 12.0. The van der Waals surface area contributed by atoms with Crippen molar-refractivity contribution in [1.29, 1.82) is 0 Å². The molecule has 1 aliphatic heterocycles. The van der Waals surface area contributed by atoms with Crippen molar-refractivity contribution in [3.8, 4) is 0 Å². The molecule has 0 saturated carbocycles. The maximum Gasteiger partial charge on any atom is 0.273 e. The lowest BCUT2D eigenvalue weighted by Crippen LogP contribution is -2.43. The molecule has 1 amide bonds. The maximum absolute atomic E-state index is 12.0. The minimum Gasteiger partial charge on any atom is -0.347 e. The Kier molecular flexibility index (Phi) is 4.60. The fourth-order valence-electron chi connectivity index (χ4n) is 1.74. The Labute approximate surface area is 111 Å². The van der Waals surface area contributed by atoms with Crippen molar-refractivity contribution in [1.82, 2.24) is 25.6 Å². The summed E-state index contributed by atoms with van der Waals surface area (Å²) in [6, 6.07) is 0.537. The van der Waals surface area contributed by atoms with Gasteiger partial charge in [0, 0.05) is 24.9 Å². The predicted octanol–water partition coefficient (Wildman–Crippen LogP) is 0.294. The molecule has 18 heavy (non-hydrogen) atoms. The van der Waals surface area contributed by atoms with E-state index < -0.39 is 0 Å². The van der Waals surface area contributed by atoms with Crippen LogP contribution in [0, 0.1) is 0 Å². The van der Waals surface area contributed by atoms with Crippen LogP contribution in [-0.2, 0) is 0 Å². The highest BCUT2D eigenvalue weighted by molar-refractivity contribution is 7.98. The quantitative estimate of drug-likeness (QED) is 0.777. The molecule has 1 aliphatic rings. The topological polar surface area (TPSA) is 71.8 Å². The number of hydrogen-bond acceptors (Lipinski definition) is 5. The van der Waals surface area contributed by atoms with E-state index in [0.717, 1.165) is 25.3 Å². The van der Waals surface area contributed by atoms with Crippen LogP contribution in [0.4, 0.5) is 0 Å². The molecule has 1 aromatic rings. The van der Waals surface area contributed by atoms with Crippen LogP contribution in [0.15, 0.2) is 6.20 Å². The summed E-state index contributed by atoms with van der Waals surface area (Å²) in [5, 5.41) is 14.1. The fourth-order valence-corrected chi connectivity index (χ4v) is 2.46. The van der Waals surface area contributed by atoms with Crippen molar-refractivity contribution in [2.24, 2.45) is 0 Å². The molecule has 7 heteroatoms. The van der Waals surface area contributed by atoms with E-state index in [1.165, 1.54) is 0 Å². The minimum atomic E-state index is -0.130. The third-order valence-electron chi connectivity index (χ3n) is 3.07. The Morgan fingerprint density at radius 3 is 3.06 bits per heavy atom. The molecule has 1 saturated heterocycles. The Morgan fingerprint density at radius 1 is 1.72 bits per heavy atom. The normalized spacial score (nSPS) is 17.2. The molecule has 100 valence electrons. The molecule has 1 unspecified atom stereocenters. The zero-order chi connectivity index (χ0) is 13.0. The smallest absolute Gasteiger partial charge is 0.273 e. The molecule has 0 radical (unpaired) electrons. The van der Waals surface area contributed by atoms with Gasteiger partial charge in [-0.1, -0.05) is 12.1 Å². The second-order valence-electron chi connectivity index (χ2n) is 4.43. The Balaban J connectivity index is 1.93. The first-order valence-electron chi connectivity index (χ1n) is 6.17. The zero-order valence-corrected chi connectivity index (χ0v) is 11.5. The van der Waals surface area contributed by atoms with Gasteiger partial charge in [-0.15, -0.1) is 5.10 Å². The fraction of sp³-hybridized carbons (Fsp3) is 0.727. The molecule has 2 rings (SSSR count). The highest BCUT2D eigenvalue weighted by atomic mass is 32.2. The van der Waals surface area contributed by atoms with E-state index in [-0.39, 0.29) is 11.9 Å². The number of amides is 1. The predicted molar refractivity (Wildman–Crippen MR) is 71.9 cm³/mol. The van der Waals surface area contributed by atoms with Crippen molar-refractivity contribution in [3.05, 3.63) is 11.9 Å². The molecule has 1 fully saturated rings. The molecule has 0 spiro atoms. The second-order valence-corrected chi connectivity index (χ2v) is 5.34. The molecule has 1 atom stereocenters. The lowest BCUT2D eigenvalue weighted by Gasteiger charge is -2.26. The van der Waals surface area contributed by atoms with Crippen LogP contribution in [0.2, 0.25) is 0 Å². The Hall–Kier alpha value is -1.08. The lowest BCUT2D eigenvalue weighted by molar-refractivity contribution is 0.0935. The second kappa shape index (κ2) is 6.19. The van der Waals surface area contributed by atoms with E-state index in [1.54, 1.807) is 22.6 Å². The summed E-state index contributed by atoms with van der Waals surface area (Å²) in [4.78, 5) is 12.0. The average Bonchev–Trinajstić information content (AvgIpc) is 2.75. The van der Waals surface area contributed by atoms with Crippen LogP contribution in [0.25, 0.3) is 0 Å². The summed E-state index contributed by atoms with van der Waals surface area (Å²) in [7, 11) is 0. The first-order valence-corrected chi connectivity index (χ1v) is 7.56. The highest BCUT2D eigenvalue weighted by Crippen LogP contribution is 2.10. The number of carbonyl (C=O) groups is 1. The van der Waals surface area contributed by atoms with E-state index in [4.69, 9.17) is 0 Å². The number of nitrogens with zero attached hydrogens (tertiary/aromatic N) is 3. The van der Waals surface area contributed by atoms with Crippen molar-refractivity contribution >= 4 is 17.7 Å². The van der Waals surface area contributed by atoms with E-state index in [2.05, 4.69) is 27.9 Å². The van der Waals surface area contributed by atoms with Crippen molar-refractivity contribution in [2.75, 3.05) is 25.1 Å². The molecule has 0 aromatic carbocycles. The summed E-state index contributed by atoms with van der Waals surface area (Å²) >= 11 is 1.73. The molecule has 0 aliphatic carbocycles. The molecule has 0 bridgehead atoms. The minimum absolute atomic E-state index is 0.130. The lowest BCUT2D eigenvalue weighted by atomic mass is 10.2. The number of hydrogen-bond donors (Lipinski definition) is 2. The summed E-state index contributed by atoms with van der Waals surface area (Å²) < 4.78 is 1.76. The molecule has 6 nitrogen and oxygen atoms in total. The van der Waals surface area contributed by atoms with Gasteiger partial charge in [-0.3, -0.25) is 4.79 Å². The standard InChI is InChI=1S/C11H19N5OS/c1-3-8(7-18-2)13-11(17)10-6-16(15-14-10)9-4-12-5-9/h6,8-9,12H,3-5,7H2,1-2H3,(H,13,17). The average molecular weight is 269 g/mol. The molecule has 2 heterocycles. The molecular weight excluding hydrogens is 250 g/mol. The van der Waals surface area contributed by atoms with E-state index in [9.17, 15) is 4.79 Å². The monoisotopic (exact) mass is 269 g/mol. The first-order chi connectivity index (χ1) is 8.74. The van der Waals surface area contributed by atoms with Gasteiger partial charge in [0.25, 0.3) is 5.91 Å². The molecule has 1 aromatic heterocycles. The first kappa shape index (κ1) is 13.4. The van der Waals surface area contributed by atoms with Gasteiger partial charge in [0.05, 0.1) is 12.2 Å². The van der Waals surface area contributed by atoms with Crippen LogP contribution >= 0.6 is 11.8 Å². The van der Waals surface area contributed by atoms with E-state index in [1.807, 2.05) is 6.26 Å². The van der Waals surface area contributed by atoms with Gasteiger partial charge in [-0.2, -0.15) is 11.8 Å². The van der Waals surface area contributed by atoms with E-state index in [0.29, 0.717) is 11.7 Å². The van der Waals surface area contributed by atoms with Crippen LogP contribution in [-0.4, -0.2) is 52.0 Å². The van der Waals surface area contributed by atoms with Gasteiger partial charge >= 0.3 is 0 Å². The summed E-state index contributed by atoms with van der Waals surface area (Å²) in [6.07, 6.45) is 4.69. The van der Waals surface area contributed by atoms with Gasteiger partial charge in [0.1, 0.15) is 0 Å². The zero-order valence-electron chi connectivity index (χ0n) is 10.7. The van der Waals surface area contributed by atoms with Crippen molar-refractivity contribution < 1.29 is 4.79 Å². The number of aromatic nitrogens is 3. The Bertz CT molecular complexity index is 404. The van der Waals surface area contributed by atoms with Crippen LogP contribution in [0.5, 0.6) is 0 Å². The third-order valence-corrected chi connectivity index (χ3v) is 3.81. The van der Waals surface area contributed by atoms with Crippen molar-refractivity contribution in [2.45, 2.75) is 25.4 Å². The summed E-state index contributed by atoms with van der Waals surface area (Å²) in [5.74, 6) is 0.789. The number of nitrogens with one attached hydrogen (secondary N) is 2. The van der Waals surface area contributed by atoms with Gasteiger partial charge in [-0.05, 0) is 12.7 Å². The molecular formula is C11H19N5OS.